The summed E-state index contributed by atoms with van der Waals surface area (Å²) < 4.78 is 28.7. The highest BCUT2D eigenvalue weighted by atomic mass is 79.9. The van der Waals surface area contributed by atoms with Gasteiger partial charge in [-0.3, -0.25) is 9.10 Å². The second-order valence-electron chi connectivity index (χ2n) is 9.11. The van der Waals surface area contributed by atoms with Gasteiger partial charge in [0, 0.05) is 10.2 Å². The van der Waals surface area contributed by atoms with Crippen LogP contribution in [-0.2, 0) is 20.2 Å². The molecule has 6 nitrogen and oxygen atoms in total. The van der Waals surface area contributed by atoms with E-state index in [9.17, 15) is 13.2 Å². The third kappa shape index (κ3) is 7.02. The standard InChI is InChI=1S/C27H30BrN3O3S/c1-20-13-15-25(16-14-20)35(33,34)31(24-12-8-11-23(28)17-24)19-26(32)30-29-21(2)18-27(3,4)22-9-6-5-7-10-22/h5-17H,18-19H2,1-4H3,(H,30,32)/b29-21-. The van der Waals surface area contributed by atoms with Gasteiger partial charge in [-0.05, 0) is 61.6 Å². The van der Waals surface area contributed by atoms with Crippen molar-refractivity contribution in [1.82, 2.24) is 5.43 Å². The SMILES string of the molecule is C/C(CC(C)(C)c1ccccc1)=N/NC(=O)CN(c1cccc(Br)c1)S(=O)(=O)c1ccc(C)cc1. The lowest BCUT2D eigenvalue weighted by atomic mass is 9.80. The zero-order valence-corrected chi connectivity index (χ0v) is 22.7. The molecule has 0 atom stereocenters. The van der Waals surface area contributed by atoms with Gasteiger partial charge in [-0.2, -0.15) is 5.10 Å². The number of carbonyl (C=O) groups is 1. The molecule has 0 bridgehead atoms. The van der Waals surface area contributed by atoms with Crippen molar-refractivity contribution < 1.29 is 13.2 Å². The summed E-state index contributed by atoms with van der Waals surface area (Å²) in [5, 5.41) is 4.25. The molecular weight excluding hydrogens is 526 g/mol. The van der Waals surface area contributed by atoms with Crippen LogP contribution in [-0.4, -0.2) is 26.6 Å². The Balaban J connectivity index is 1.80. The Morgan fingerprint density at radius 3 is 2.29 bits per heavy atom. The molecule has 35 heavy (non-hydrogen) atoms. The number of hydrazone groups is 1. The van der Waals surface area contributed by atoms with E-state index in [1.54, 1.807) is 48.5 Å². The molecule has 184 valence electrons. The highest BCUT2D eigenvalue weighted by Crippen LogP contribution is 2.28. The van der Waals surface area contributed by atoms with Gasteiger partial charge >= 0.3 is 0 Å². The predicted molar refractivity (Wildman–Crippen MR) is 145 cm³/mol. The summed E-state index contributed by atoms with van der Waals surface area (Å²) in [5.74, 6) is -0.530. The van der Waals surface area contributed by atoms with Crippen molar-refractivity contribution in [3.8, 4) is 0 Å². The maximum Gasteiger partial charge on any atom is 0.264 e. The Kier molecular flexibility index (Phi) is 8.51. The minimum atomic E-state index is -3.98. The Morgan fingerprint density at radius 1 is 1.00 bits per heavy atom. The number of hydrogen-bond acceptors (Lipinski definition) is 4. The monoisotopic (exact) mass is 555 g/mol. The van der Waals surface area contributed by atoms with E-state index in [-0.39, 0.29) is 10.3 Å². The van der Waals surface area contributed by atoms with Crippen LogP contribution in [0.25, 0.3) is 0 Å². The fourth-order valence-corrected chi connectivity index (χ4v) is 5.58. The number of aryl methyl sites for hydroxylation is 1. The number of hydrogen-bond donors (Lipinski definition) is 1. The first-order valence-corrected chi connectivity index (χ1v) is 13.4. The molecule has 0 saturated heterocycles. The first-order chi connectivity index (χ1) is 16.5. The van der Waals surface area contributed by atoms with Crippen molar-refractivity contribution in [1.29, 1.82) is 0 Å². The number of nitrogens with one attached hydrogen (secondary N) is 1. The smallest absolute Gasteiger partial charge is 0.264 e. The lowest BCUT2D eigenvalue weighted by Crippen LogP contribution is -2.39. The molecular formula is C27H30BrN3O3S. The maximum atomic E-state index is 13.5. The van der Waals surface area contributed by atoms with Gasteiger partial charge < -0.3 is 0 Å². The topological polar surface area (TPSA) is 78.8 Å². The summed E-state index contributed by atoms with van der Waals surface area (Å²) in [7, 11) is -3.98. The zero-order valence-electron chi connectivity index (χ0n) is 20.3. The molecule has 0 radical (unpaired) electrons. The lowest BCUT2D eigenvalue weighted by Gasteiger charge is -2.25. The van der Waals surface area contributed by atoms with E-state index in [2.05, 4.69) is 52.4 Å². The molecule has 0 unspecified atom stereocenters. The van der Waals surface area contributed by atoms with Crippen LogP contribution in [0.5, 0.6) is 0 Å². The Labute approximate surface area is 216 Å². The Bertz CT molecular complexity index is 1310. The van der Waals surface area contributed by atoms with Crippen LogP contribution in [0.2, 0.25) is 0 Å². The Hall–Kier alpha value is -2.97. The number of anilines is 1. The first-order valence-electron chi connectivity index (χ1n) is 11.2. The summed E-state index contributed by atoms with van der Waals surface area (Å²) in [6.07, 6.45) is 0.633. The van der Waals surface area contributed by atoms with E-state index < -0.39 is 22.5 Å². The van der Waals surface area contributed by atoms with Crippen molar-refractivity contribution in [3.05, 3.63) is 94.5 Å². The molecule has 0 fully saturated rings. The van der Waals surface area contributed by atoms with E-state index in [1.165, 1.54) is 5.56 Å². The molecule has 0 heterocycles. The van der Waals surface area contributed by atoms with E-state index in [0.29, 0.717) is 16.6 Å². The largest absolute Gasteiger partial charge is 0.271 e. The van der Waals surface area contributed by atoms with Gasteiger partial charge in [0.1, 0.15) is 6.54 Å². The summed E-state index contributed by atoms with van der Waals surface area (Å²) >= 11 is 3.38. The molecule has 8 heteroatoms. The second-order valence-corrected chi connectivity index (χ2v) is 11.9. The van der Waals surface area contributed by atoms with Gasteiger partial charge in [-0.15, -0.1) is 0 Å². The summed E-state index contributed by atoms with van der Waals surface area (Å²) in [5.41, 5.74) is 5.60. The third-order valence-corrected chi connectivity index (χ3v) is 7.90. The van der Waals surface area contributed by atoms with Crippen LogP contribution < -0.4 is 9.73 Å². The van der Waals surface area contributed by atoms with Crippen molar-refractivity contribution in [2.24, 2.45) is 5.10 Å². The average molecular weight is 557 g/mol. The molecule has 0 spiro atoms. The minimum Gasteiger partial charge on any atom is -0.271 e. The molecule has 3 rings (SSSR count). The molecule has 0 aliphatic heterocycles. The van der Waals surface area contributed by atoms with Crippen LogP contribution in [0.15, 0.2) is 93.3 Å². The van der Waals surface area contributed by atoms with Gasteiger partial charge in [0.05, 0.1) is 10.6 Å². The second kappa shape index (κ2) is 11.2. The first kappa shape index (κ1) is 26.6. The van der Waals surface area contributed by atoms with E-state index in [0.717, 1.165) is 15.6 Å². The number of carbonyl (C=O) groups excluding carboxylic acids is 1. The number of halogens is 1. The molecule has 1 amide bonds. The quantitative estimate of drug-likeness (QED) is 0.267. The normalized spacial score (nSPS) is 12.3. The van der Waals surface area contributed by atoms with Crippen LogP contribution in [0.4, 0.5) is 5.69 Å². The minimum absolute atomic E-state index is 0.111. The van der Waals surface area contributed by atoms with Gasteiger partial charge in [0.25, 0.3) is 15.9 Å². The highest BCUT2D eigenvalue weighted by molar-refractivity contribution is 9.10. The summed E-state index contributed by atoms with van der Waals surface area (Å²) in [6.45, 7) is 7.56. The molecule has 3 aromatic rings. The fraction of sp³-hybridized carbons (Fsp3) is 0.259. The lowest BCUT2D eigenvalue weighted by molar-refractivity contribution is -0.119. The number of amides is 1. The van der Waals surface area contributed by atoms with Gasteiger partial charge in [0.2, 0.25) is 0 Å². The molecule has 0 saturated carbocycles. The van der Waals surface area contributed by atoms with Gasteiger partial charge in [-0.25, -0.2) is 13.8 Å². The third-order valence-electron chi connectivity index (χ3n) is 5.62. The molecule has 0 aromatic heterocycles. The maximum absolute atomic E-state index is 13.5. The molecule has 0 aliphatic rings. The van der Waals surface area contributed by atoms with Crippen LogP contribution in [0, 0.1) is 6.92 Å². The van der Waals surface area contributed by atoms with Crippen molar-refractivity contribution in [2.75, 3.05) is 10.8 Å². The van der Waals surface area contributed by atoms with E-state index >= 15 is 0 Å². The number of rotatable bonds is 9. The van der Waals surface area contributed by atoms with E-state index in [1.807, 2.05) is 32.0 Å². The molecule has 3 aromatic carbocycles. The number of nitrogens with zero attached hydrogens (tertiary/aromatic N) is 2. The van der Waals surface area contributed by atoms with Crippen LogP contribution >= 0.6 is 15.9 Å². The van der Waals surface area contributed by atoms with Gasteiger partial charge in [0.15, 0.2) is 0 Å². The fourth-order valence-electron chi connectivity index (χ4n) is 3.78. The van der Waals surface area contributed by atoms with Crippen molar-refractivity contribution in [3.63, 3.8) is 0 Å². The average Bonchev–Trinajstić information content (AvgIpc) is 2.81. The van der Waals surface area contributed by atoms with Crippen molar-refractivity contribution in [2.45, 2.75) is 44.4 Å². The summed E-state index contributed by atoms with van der Waals surface area (Å²) in [4.78, 5) is 13.0. The van der Waals surface area contributed by atoms with Crippen molar-refractivity contribution >= 4 is 43.3 Å². The zero-order chi connectivity index (χ0) is 25.6. The summed E-state index contributed by atoms with van der Waals surface area (Å²) in [6, 6.07) is 23.5. The predicted octanol–water partition coefficient (Wildman–Crippen LogP) is 5.81. The molecule has 1 N–H and O–H groups in total. The highest BCUT2D eigenvalue weighted by Gasteiger charge is 2.27. The van der Waals surface area contributed by atoms with E-state index in [4.69, 9.17) is 0 Å². The Morgan fingerprint density at radius 2 is 1.66 bits per heavy atom. The number of benzene rings is 3. The molecule has 0 aliphatic carbocycles. The van der Waals surface area contributed by atoms with Crippen LogP contribution in [0.1, 0.15) is 38.3 Å². The van der Waals surface area contributed by atoms with Gasteiger partial charge in [-0.1, -0.05) is 83.9 Å². The van der Waals surface area contributed by atoms with Crippen LogP contribution in [0.3, 0.4) is 0 Å². The number of sulfonamides is 1.